The molecule has 0 fully saturated rings. The number of hydrogen-bond acceptors (Lipinski definition) is 2. The van der Waals surface area contributed by atoms with Crippen LogP contribution in [0.4, 0.5) is 0 Å². The Morgan fingerprint density at radius 1 is 0.737 bits per heavy atom. The SMILES string of the molecule is CC(C)(C)NCCc1ccc(CNC(C)(C)C)cc1. The van der Waals surface area contributed by atoms with Crippen molar-refractivity contribution in [3.05, 3.63) is 35.4 Å². The van der Waals surface area contributed by atoms with Gasteiger partial charge < -0.3 is 10.6 Å². The summed E-state index contributed by atoms with van der Waals surface area (Å²) in [6.45, 7) is 15.2. The average molecular weight is 262 g/mol. The lowest BCUT2D eigenvalue weighted by atomic mass is 10.1. The van der Waals surface area contributed by atoms with Crippen LogP contribution in [0.15, 0.2) is 24.3 Å². The Morgan fingerprint density at radius 3 is 1.68 bits per heavy atom. The highest BCUT2D eigenvalue weighted by molar-refractivity contribution is 5.22. The molecule has 0 aliphatic carbocycles. The first-order valence-electron chi connectivity index (χ1n) is 7.24. The summed E-state index contributed by atoms with van der Waals surface area (Å²) in [5.41, 5.74) is 3.13. The summed E-state index contributed by atoms with van der Waals surface area (Å²) in [5, 5.41) is 7.03. The molecule has 0 heterocycles. The van der Waals surface area contributed by atoms with E-state index in [-0.39, 0.29) is 11.1 Å². The second kappa shape index (κ2) is 6.53. The van der Waals surface area contributed by atoms with Gasteiger partial charge in [0.2, 0.25) is 0 Å². The third kappa shape index (κ3) is 8.02. The number of hydrogen-bond donors (Lipinski definition) is 2. The van der Waals surface area contributed by atoms with Crippen molar-refractivity contribution in [1.29, 1.82) is 0 Å². The Labute approximate surface area is 119 Å². The first kappa shape index (κ1) is 16.2. The van der Waals surface area contributed by atoms with Gasteiger partial charge in [-0.25, -0.2) is 0 Å². The highest BCUT2D eigenvalue weighted by atomic mass is 14.9. The van der Waals surface area contributed by atoms with Crippen LogP contribution in [-0.4, -0.2) is 17.6 Å². The lowest BCUT2D eigenvalue weighted by molar-refractivity contribution is 0.424. The van der Waals surface area contributed by atoms with Crippen molar-refractivity contribution in [3.63, 3.8) is 0 Å². The molecule has 0 radical (unpaired) electrons. The molecule has 1 rings (SSSR count). The van der Waals surface area contributed by atoms with E-state index in [0.29, 0.717) is 0 Å². The maximum absolute atomic E-state index is 3.52. The van der Waals surface area contributed by atoms with Crippen molar-refractivity contribution in [2.45, 2.75) is 65.6 Å². The van der Waals surface area contributed by atoms with Crippen LogP contribution >= 0.6 is 0 Å². The lowest BCUT2D eigenvalue weighted by Gasteiger charge is -2.21. The van der Waals surface area contributed by atoms with Crippen LogP contribution in [0.25, 0.3) is 0 Å². The summed E-state index contributed by atoms with van der Waals surface area (Å²) < 4.78 is 0. The first-order valence-corrected chi connectivity index (χ1v) is 7.24. The van der Waals surface area contributed by atoms with E-state index in [1.165, 1.54) is 11.1 Å². The van der Waals surface area contributed by atoms with E-state index in [1.54, 1.807) is 0 Å². The van der Waals surface area contributed by atoms with Crippen molar-refractivity contribution in [2.24, 2.45) is 0 Å². The number of rotatable bonds is 5. The molecule has 0 amide bonds. The molecule has 0 unspecified atom stereocenters. The molecular weight excluding hydrogens is 232 g/mol. The largest absolute Gasteiger partial charge is 0.312 e. The highest BCUT2D eigenvalue weighted by Gasteiger charge is 2.09. The second-order valence-corrected chi connectivity index (χ2v) is 7.35. The summed E-state index contributed by atoms with van der Waals surface area (Å²) in [5.74, 6) is 0. The predicted molar refractivity (Wildman–Crippen MR) is 84.5 cm³/mol. The minimum Gasteiger partial charge on any atom is -0.312 e. The summed E-state index contributed by atoms with van der Waals surface area (Å²) in [7, 11) is 0. The van der Waals surface area contributed by atoms with Crippen LogP contribution < -0.4 is 10.6 Å². The lowest BCUT2D eigenvalue weighted by Crippen LogP contribution is -2.37. The van der Waals surface area contributed by atoms with Crippen molar-refractivity contribution >= 4 is 0 Å². The predicted octanol–water partition coefficient (Wildman–Crippen LogP) is 3.51. The molecule has 0 aliphatic rings. The molecule has 0 aliphatic heterocycles. The van der Waals surface area contributed by atoms with Crippen LogP contribution in [-0.2, 0) is 13.0 Å². The van der Waals surface area contributed by atoms with Gasteiger partial charge in [0, 0.05) is 17.6 Å². The average Bonchev–Trinajstić information content (AvgIpc) is 2.25. The fraction of sp³-hybridized carbons (Fsp3) is 0.647. The summed E-state index contributed by atoms with van der Waals surface area (Å²) in [6.07, 6.45) is 1.09. The zero-order chi connectivity index (χ0) is 14.5. The van der Waals surface area contributed by atoms with Gasteiger partial charge in [0.25, 0.3) is 0 Å². The quantitative estimate of drug-likeness (QED) is 0.848. The molecule has 0 spiro atoms. The van der Waals surface area contributed by atoms with Gasteiger partial charge >= 0.3 is 0 Å². The Kier molecular flexibility index (Phi) is 5.57. The molecule has 108 valence electrons. The molecule has 2 nitrogen and oxygen atoms in total. The van der Waals surface area contributed by atoms with E-state index in [9.17, 15) is 0 Å². The van der Waals surface area contributed by atoms with Crippen molar-refractivity contribution in [3.8, 4) is 0 Å². The van der Waals surface area contributed by atoms with Gasteiger partial charge in [-0.3, -0.25) is 0 Å². The van der Waals surface area contributed by atoms with Gasteiger partial charge in [0.1, 0.15) is 0 Å². The van der Waals surface area contributed by atoms with Crippen LogP contribution in [0.1, 0.15) is 52.7 Å². The summed E-state index contributed by atoms with van der Waals surface area (Å²) in [4.78, 5) is 0. The van der Waals surface area contributed by atoms with Crippen molar-refractivity contribution in [2.75, 3.05) is 6.54 Å². The zero-order valence-electron chi connectivity index (χ0n) is 13.4. The zero-order valence-corrected chi connectivity index (χ0v) is 13.4. The van der Waals surface area contributed by atoms with Crippen LogP contribution in [0.5, 0.6) is 0 Å². The second-order valence-electron chi connectivity index (χ2n) is 7.35. The molecule has 0 saturated heterocycles. The molecule has 1 aromatic carbocycles. The summed E-state index contributed by atoms with van der Waals surface area (Å²) >= 11 is 0. The van der Waals surface area contributed by atoms with Crippen LogP contribution in [0, 0.1) is 0 Å². The van der Waals surface area contributed by atoms with Crippen molar-refractivity contribution < 1.29 is 0 Å². The Morgan fingerprint density at radius 2 is 1.21 bits per heavy atom. The molecule has 2 N–H and O–H groups in total. The first-order chi connectivity index (χ1) is 8.66. The maximum Gasteiger partial charge on any atom is 0.0210 e. The molecule has 0 aromatic heterocycles. The number of benzene rings is 1. The van der Waals surface area contributed by atoms with E-state index in [4.69, 9.17) is 0 Å². The normalized spacial score (nSPS) is 12.7. The molecule has 1 aromatic rings. The van der Waals surface area contributed by atoms with Crippen LogP contribution in [0.2, 0.25) is 0 Å². The van der Waals surface area contributed by atoms with Gasteiger partial charge in [-0.2, -0.15) is 0 Å². The molecule has 0 saturated carbocycles. The van der Waals surface area contributed by atoms with E-state index >= 15 is 0 Å². The number of nitrogens with one attached hydrogen (secondary N) is 2. The minimum atomic E-state index is 0.176. The Hall–Kier alpha value is -0.860. The molecule has 0 atom stereocenters. The van der Waals surface area contributed by atoms with Gasteiger partial charge in [-0.1, -0.05) is 24.3 Å². The molecular formula is C17H30N2. The summed E-state index contributed by atoms with van der Waals surface area (Å²) in [6, 6.07) is 8.93. The topological polar surface area (TPSA) is 24.1 Å². The standard InChI is InChI=1S/C17H30N2/c1-16(2,3)18-12-11-14-7-9-15(10-8-14)13-19-17(4,5)6/h7-10,18-19H,11-13H2,1-6H3. The molecule has 0 bridgehead atoms. The van der Waals surface area contributed by atoms with E-state index in [2.05, 4.69) is 76.4 Å². The third-order valence-electron chi connectivity index (χ3n) is 2.91. The Balaban J connectivity index is 2.39. The molecule has 19 heavy (non-hydrogen) atoms. The van der Waals surface area contributed by atoms with Gasteiger partial charge in [-0.05, 0) is 65.6 Å². The van der Waals surface area contributed by atoms with Crippen molar-refractivity contribution in [1.82, 2.24) is 10.6 Å². The Bertz CT molecular complexity index is 366. The van der Waals surface area contributed by atoms with Gasteiger partial charge in [0.05, 0.1) is 0 Å². The van der Waals surface area contributed by atoms with E-state index in [0.717, 1.165) is 19.5 Å². The third-order valence-corrected chi connectivity index (χ3v) is 2.91. The minimum absolute atomic E-state index is 0.176. The van der Waals surface area contributed by atoms with Gasteiger partial charge in [-0.15, -0.1) is 0 Å². The fourth-order valence-electron chi connectivity index (χ4n) is 1.77. The van der Waals surface area contributed by atoms with E-state index < -0.39 is 0 Å². The van der Waals surface area contributed by atoms with Crippen LogP contribution in [0.3, 0.4) is 0 Å². The molecule has 2 heteroatoms. The fourth-order valence-corrected chi connectivity index (χ4v) is 1.77. The van der Waals surface area contributed by atoms with E-state index in [1.807, 2.05) is 0 Å². The maximum atomic E-state index is 3.52. The smallest absolute Gasteiger partial charge is 0.0210 e. The van der Waals surface area contributed by atoms with Gasteiger partial charge in [0.15, 0.2) is 0 Å². The highest BCUT2D eigenvalue weighted by Crippen LogP contribution is 2.08. The monoisotopic (exact) mass is 262 g/mol.